The second-order valence-electron chi connectivity index (χ2n) is 6.81. The number of aromatic nitrogens is 3. The number of rotatable bonds is 10. The van der Waals surface area contributed by atoms with Crippen molar-refractivity contribution >= 4 is 35.0 Å². The summed E-state index contributed by atoms with van der Waals surface area (Å²) in [5.74, 6) is 1.06. The van der Waals surface area contributed by atoms with E-state index >= 15 is 0 Å². The van der Waals surface area contributed by atoms with Gasteiger partial charge in [0.05, 0.1) is 5.75 Å². The van der Waals surface area contributed by atoms with Crippen molar-refractivity contribution < 1.29 is 4.79 Å². The van der Waals surface area contributed by atoms with Gasteiger partial charge in [-0.25, -0.2) is 0 Å². The maximum absolute atomic E-state index is 12.2. The van der Waals surface area contributed by atoms with E-state index in [1.807, 2.05) is 54.0 Å². The molecule has 158 valence electrons. The molecule has 0 unspecified atom stereocenters. The molecular formula is C22H26ClN5OS. The van der Waals surface area contributed by atoms with Gasteiger partial charge in [-0.3, -0.25) is 4.79 Å². The number of carbonyl (C=O) groups excluding carboxylic acids is 1. The molecule has 0 bridgehead atoms. The van der Waals surface area contributed by atoms with E-state index in [0.717, 1.165) is 29.5 Å². The predicted molar refractivity (Wildman–Crippen MR) is 124 cm³/mol. The zero-order valence-corrected chi connectivity index (χ0v) is 18.8. The highest BCUT2D eigenvalue weighted by molar-refractivity contribution is 7.99. The Labute approximate surface area is 186 Å². The molecule has 0 saturated carbocycles. The highest BCUT2D eigenvalue weighted by atomic mass is 35.5. The van der Waals surface area contributed by atoms with Crippen molar-refractivity contribution in [3.8, 4) is 11.4 Å². The number of nitrogens with zero attached hydrogens (tertiary/aromatic N) is 4. The first-order valence-electron chi connectivity index (χ1n) is 9.93. The molecule has 1 N–H and O–H groups in total. The molecule has 30 heavy (non-hydrogen) atoms. The van der Waals surface area contributed by atoms with Crippen LogP contribution in [0.3, 0.4) is 0 Å². The summed E-state index contributed by atoms with van der Waals surface area (Å²) in [5, 5.41) is 12.9. The highest BCUT2D eigenvalue weighted by Crippen LogP contribution is 2.25. The number of halogens is 1. The summed E-state index contributed by atoms with van der Waals surface area (Å²) in [6.45, 7) is 4.27. The molecule has 1 amide bonds. The summed E-state index contributed by atoms with van der Waals surface area (Å²) in [7, 11) is 2.06. The van der Waals surface area contributed by atoms with Crippen LogP contribution in [0.15, 0.2) is 59.8 Å². The molecule has 0 fully saturated rings. The third kappa shape index (κ3) is 6.00. The zero-order valence-electron chi connectivity index (χ0n) is 17.2. The molecule has 0 atom stereocenters. The molecule has 0 aliphatic heterocycles. The molecule has 0 saturated heterocycles. The maximum Gasteiger partial charge on any atom is 0.230 e. The number of carbonyl (C=O) groups is 1. The van der Waals surface area contributed by atoms with Crippen LogP contribution in [0.25, 0.3) is 11.4 Å². The quantitative estimate of drug-likeness (QED) is 0.372. The fraction of sp³-hybridized carbons (Fsp3) is 0.318. The lowest BCUT2D eigenvalue weighted by Gasteiger charge is -2.19. The summed E-state index contributed by atoms with van der Waals surface area (Å²) in [6.07, 6.45) is 0.881. The lowest BCUT2D eigenvalue weighted by atomic mass is 10.2. The monoisotopic (exact) mass is 443 g/mol. The Morgan fingerprint density at radius 3 is 2.70 bits per heavy atom. The van der Waals surface area contributed by atoms with Crippen LogP contribution >= 0.6 is 23.4 Å². The van der Waals surface area contributed by atoms with Gasteiger partial charge in [0.25, 0.3) is 0 Å². The first kappa shape index (κ1) is 22.2. The molecule has 0 radical (unpaired) electrons. The van der Waals surface area contributed by atoms with E-state index in [4.69, 9.17) is 11.6 Å². The summed E-state index contributed by atoms with van der Waals surface area (Å²) in [5.41, 5.74) is 2.09. The van der Waals surface area contributed by atoms with Crippen LogP contribution in [-0.4, -0.2) is 46.6 Å². The van der Waals surface area contributed by atoms with Crippen LogP contribution in [0.4, 0.5) is 5.69 Å². The number of hydrogen-bond donors (Lipinski definition) is 1. The second kappa shape index (κ2) is 11.0. The third-order valence-electron chi connectivity index (χ3n) is 4.64. The van der Waals surface area contributed by atoms with Gasteiger partial charge >= 0.3 is 0 Å². The number of thioether (sulfide) groups is 1. The minimum Gasteiger partial charge on any atom is -0.375 e. The normalized spacial score (nSPS) is 10.8. The Morgan fingerprint density at radius 1 is 1.17 bits per heavy atom. The second-order valence-corrected chi connectivity index (χ2v) is 8.19. The van der Waals surface area contributed by atoms with Gasteiger partial charge in [-0.05, 0) is 37.6 Å². The standard InChI is InChI=1S/C22H26ClN5OS/c1-3-28-21(17-9-7-10-18(23)15-17)25-26-22(28)30-16-20(29)24-13-8-14-27(2)19-11-5-4-6-12-19/h4-7,9-12,15H,3,8,13-14,16H2,1-2H3,(H,24,29). The molecule has 0 aliphatic rings. The average Bonchev–Trinajstić information content (AvgIpc) is 3.18. The zero-order chi connectivity index (χ0) is 21.3. The largest absolute Gasteiger partial charge is 0.375 e. The van der Waals surface area contributed by atoms with E-state index in [1.165, 1.54) is 17.4 Å². The first-order valence-corrected chi connectivity index (χ1v) is 11.3. The van der Waals surface area contributed by atoms with E-state index < -0.39 is 0 Å². The molecule has 3 aromatic rings. The van der Waals surface area contributed by atoms with E-state index in [-0.39, 0.29) is 5.91 Å². The lowest BCUT2D eigenvalue weighted by Crippen LogP contribution is -2.29. The van der Waals surface area contributed by atoms with Crippen LogP contribution in [0.5, 0.6) is 0 Å². The van der Waals surface area contributed by atoms with Crippen molar-refractivity contribution in [2.24, 2.45) is 0 Å². The molecule has 0 spiro atoms. The average molecular weight is 444 g/mol. The maximum atomic E-state index is 12.2. The number of amides is 1. The SMILES string of the molecule is CCn1c(SCC(=O)NCCCN(C)c2ccccc2)nnc1-c1cccc(Cl)c1. The topological polar surface area (TPSA) is 63.1 Å². The lowest BCUT2D eigenvalue weighted by molar-refractivity contribution is -0.118. The Kier molecular flexibility index (Phi) is 8.16. The number of nitrogens with one attached hydrogen (secondary N) is 1. The van der Waals surface area contributed by atoms with Crippen molar-refractivity contribution in [1.82, 2.24) is 20.1 Å². The number of benzene rings is 2. The Morgan fingerprint density at radius 2 is 1.97 bits per heavy atom. The molecule has 2 aromatic carbocycles. The molecule has 1 heterocycles. The van der Waals surface area contributed by atoms with Crippen LogP contribution in [0.2, 0.25) is 5.02 Å². The van der Waals surface area contributed by atoms with Gasteiger partial charge in [-0.2, -0.15) is 0 Å². The molecule has 6 nitrogen and oxygen atoms in total. The Hall–Kier alpha value is -2.51. The highest BCUT2D eigenvalue weighted by Gasteiger charge is 2.14. The van der Waals surface area contributed by atoms with Crippen molar-refractivity contribution in [2.75, 3.05) is 30.8 Å². The number of anilines is 1. The van der Waals surface area contributed by atoms with Gasteiger partial charge in [0.1, 0.15) is 0 Å². The van der Waals surface area contributed by atoms with E-state index in [2.05, 4.69) is 39.6 Å². The van der Waals surface area contributed by atoms with Gasteiger partial charge in [-0.15, -0.1) is 10.2 Å². The smallest absolute Gasteiger partial charge is 0.230 e. The summed E-state index contributed by atoms with van der Waals surface area (Å²) in [4.78, 5) is 14.4. The van der Waals surface area contributed by atoms with Crippen molar-refractivity contribution in [3.63, 3.8) is 0 Å². The fourth-order valence-electron chi connectivity index (χ4n) is 3.06. The molecule has 1 aromatic heterocycles. The number of hydrogen-bond acceptors (Lipinski definition) is 5. The van der Waals surface area contributed by atoms with E-state index in [9.17, 15) is 4.79 Å². The Bertz CT molecular complexity index is 963. The Balaban J connectivity index is 1.46. The van der Waals surface area contributed by atoms with Crippen molar-refractivity contribution in [1.29, 1.82) is 0 Å². The van der Waals surface area contributed by atoms with Crippen LogP contribution in [-0.2, 0) is 11.3 Å². The van der Waals surface area contributed by atoms with E-state index in [0.29, 0.717) is 23.9 Å². The van der Waals surface area contributed by atoms with Gasteiger partial charge in [0.15, 0.2) is 11.0 Å². The third-order valence-corrected chi connectivity index (χ3v) is 5.84. The van der Waals surface area contributed by atoms with E-state index in [1.54, 1.807) is 0 Å². The van der Waals surface area contributed by atoms with Crippen LogP contribution < -0.4 is 10.2 Å². The van der Waals surface area contributed by atoms with Gasteiger partial charge in [-0.1, -0.05) is 53.7 Å². The van der Waals surface area contributed by atoms with Gasteiger partial charge in [0.2, 0.25) is 5.91 Å². The van der Waals surface area contributed by atoms with Crippen molar-refractivity contribution in [2.45, 2.75) is 25.0 Å². The summed E-state index contributed by atoms with van der Waals surface area (Å²) in [6, 6.07) is 17.8. The van der Waals surface area contributed by atoms with Gasteiger partial charge < -0.3 is 14.8 Å². The van der Waals surface area contributed by atoms with Crippen molar-refractivity contribution in [3.05, 3.63) is 59.6 Å². The molecule has 8 heteroatoms. The predicted octanol–water partition coefficient (Wildman–Crippen LogP) is 4.35. The summed E-state index contributed by atoms with van der Waals surface area (Å²) >= 11 is 7.49. The minimum atomic E-state index is -0.00248. The minimum absolute atomic E-state index is 0.00248. The van der Waals surface area contributed by atoms with Crippen LogP contribution in [0.1, 0.15) is 13.3 Å². The fourth-order valence-corrected chi connectivity index (χ4v) is 4.08. The van der Waals surface area contributed by atoms with Gasteiger partial charge in [0, 0.05) is 43.0 Å². The first-order chi connectivity index (χ1) is 14.6. The summed E-state index contributed by atoms with van der Waals surface area (Å²) < 4.78 is 2.00. The molecule has 3 rings (SSSR count). The number of para-hydroxylation sites is 1. The molecule has 0 aliphatic carbocycles. The molecular weight excluding hydrogens is 418 g/mol. The van der Waals surface area contributed by atoms with Crippen LogP contribution in [0, 0.1) is 0 Å².